The minimum atomic E-state index is -0.0927. The molecule has 0 bridgehead atoms. The summed E-state index contributed by atoms with van der Waals surface area (Å²) < 4.78 is 6.89. The smallest absolute Gasteiger partial charge is 0.221 e. The molecule has 0 atom stereocenters. The lowest BCUT2D eigenvalue weighted by atomic mass is 10.1. The third-order valence-corrected chi connectivity index (χ3v) is 5.87. The van der Waals surface area contributed by atoms with Gasteiger partial charge in [-0.1, -0.05) is 11.6 Å². The van der Waals surface area contributed by atoms with Crippen LogP contribution in [0.2, 0.25) is 5.02 Å². The van der Waals surface area contributed by atoms with E-state index in [1.165, 1.54) is 11.3 Å². The van der Waals surface area contributed by atoms with E-state index in [-0.39, 0.29) is 5.78 Å². The van der Waals surface area contributed by atoms with Crippen molar-refractivity contribution >= 4 is 38.9 Å². The van der Waals surface area contributed by atoms with Crippen LogP contribution >= 0.6 is 22.9 Å². The highest BCUT2D eigenvalue weighted by molar-refractivity contribution is 7.20. The lowest BCUT2D eigenvalue weighted by molar-refractivity contribution is 0.103. The van der Waals surface area contributed by atoms with Crippen LogP contribution in [0.15, 0.2) is 42.5 Å². The Labute approximate surface area is 175 Å². The van der Waals surface area contributed by atoms with Crippen LogP contribution in [-0.2, 0) is 0 Å². The average molecular weight is 417 g/mol. The molecule has 28 heavy (non-hydrogen) atoms. The number of aromatic nitrogens is 1. The van der Waals surface area contributed by atoms with Crippen LogP contribution in [0.1, 0.15) is 43.1 Å². The Morgan fingerprint density at radius 3 is 2.43 bits per heavy atom. The molecule has 0 aliphatic carbocycles. The number of rotatable bonds is 8. The molecule has 1 aromatic heterocycles. The fourth-order valence-corrected chi connectivity index (χ4v) is 4.28. The number of carbonyl (C=O) groups is 1. The first kappa shape index (κ1) is 20.8. The highest BCUT2D eigenvalue weighted by Crippen LogP contribution is 2.28. The molecule has 0 aliphatic heterocycles. The van der Waals surface area contributed by atoms with E-state index in [2.05, 4.69) is 37.6 Å². The summed E-state index contributed by atoms with van der Waals surface area (Å²) in [5, 5.41) is 1.08. The quantitative estimate of drug-likeness (QED) is 0.443. The summed E-state index contributed by atoms with van der Waals surface area (Å²) in [5.74, 6) is 0.707. The number of fused-ring (bicyclic) bond motifs is 1. The van der Waals surface area contributed by atoms with Crippen molar-refractivity contribution in [2.75, 3.05) is 13.2 Å². The molecule has 4 nitrogen and oxygen atoms in total. The highest BCUT2D eigenvalue weighted by Gasteiger charge is 2.16. The molecule has 0 radical (unpaired) electrons. The zero-order chi connectivity index (χ0) is 20.3. The van der Waals surface area contributed by atoms with E-state index in [1.54, 1.807) is 24.3 Å². The van der Waals surface area contributed by atoms with Crippen molar-refractivity contribution in [2.45, 2.75) is 39.8 Å². The maximum atomic E-state index is 12.7. The number of benzene rings is 2. The van der Waals surface area contributed by atoms with E-state index in [4.69, 9.17) is 16.3 Å². The van der Waals surface area contributed by atoms with Crippen LogP contribution in [-0.4, -0.2) is 40.9 Å². The molecule has 0 aliphatic rings. The molecule has 0 fully saturated rings. The van der Waals surface area contributed by atoms with E-state index in [9.17, 15) is 4.79 Å². The second kappa shape index (κ2) is 9.03. The van der Waals surface area contributed by atoms with Gasteiger partial charge in [0.15, 0.2) is 5.01 Å². The van der Waals surface area contributed by atoms with Crippen molar-refractivity contribution in [2.24, 2.45) is 0 Å². The van der Waals surface area contributed by atoms with Gasteiger partial charge in [0, 0.05) is 29.2 Å². The summed E-state index contributed by atoms with van der Waals surface area (Å²) in [6, 6.07) is 13.6. The van der Waals surface area contributed by atoms with Crippen LogP contribution in [0.4, 0.5) is 0 Å². The van der Waals surface area contributed by atoms with Crippen LogP contribution in [0, 0.1) is 0 Å². The zero-order valence-electron chi connectivity index (χ0n) is 16.6. The van der Waals surface area contributed by atoms with Crippen molar-refractivity contribution in [3.8, 4) is 5.75 Å². The van der Waals surface area contributed by atoms with Crippen LogP contribution in [0.3, 0.4) is 0 Å². The van der Waals surface area contributed by atoms with Crippen molar-refractivity contribution in [3.05, 3.63) is 58.1 Å². The summed E-state index contributed by atoms with van der Waals surface area (Å²) >= 11 is 7.28. The Bertz CT molecular complexity index is 943. The molecule has 3 aromatic rings. The van der Waals surface area contributed by atoms with Gasteiger partial charge in [-0.2, -0.15) is 0 Å². The number of halogens is 1. The molecule has 0 amide bonds. The molecule has 0 unspecified atom stereocenters. The number of carbonyl (C=O) groups excluding carboxylic acids is 1. The highest BCUT2D eigenvalue weighted by atomic mass is 35.5. The summed E-state index contributed by atoms with van der Waals surface area (Å²) in [6.45, 7) is 10.3. The maximum Gasteiger partial charge on any atom is 0.221 e. The Balaban J connectivity index is 1.70. The summed E-state index contributed by atoms with van der Waals surface area (Å²) in [5.41, 5.74) is 1.39. The first-order valence-electron chi connectivity index (χ1n) is 9.44. The predicted octanol–water partition coefficient (Wildman–Crippen LogP) is 5.68. The lowest BCUT2D eigenvalue weighted by Crippen LogP contribution is -2.39. The van der Waals surface area contributed by atoms with Crippen LogP contribution in [0.25, 0.3) is 10.2 Å². The molecule has 3 rings (SSSR count). The van der Waals surface area contributed by atoms with E-state index in [1.807, 2.05) is 18.2 Å². The molecule has 0 saturated carbocycles. The normalized spacial score (nSPS) is 11.7. The molecule has 0 N–H and O–H groups in total. The summed E-state index contributed by atoms with van der Waals surface area (Å²) in [7, 11) is 0. The third-order valence-electron chi connectivity index (χ3n) is 4.61. The number of ketones is 1. The van der Waals surface area contributed by atoms with Gasteiger partial charge in [0.05, 0.1) is 10.2 Å². The largest absolute Gasteiger partial charge is 0.492 e. The first-order chi connectivity index (χ1) is 13.3. The van der Waals surface area contributed by atoms with E-state index in [0.717, 1.165) is 22.5 Å². The molecule has 6 heteroatoms. The SMILES string of the molecule is CC(C)N(CCOc1ccc2nc(C(=O)c3ccc(Cl)cc3)sc2c1)C(C)C. The molecule has 0 saturated heterocycles. The van der Waals surface area contributed by atoms with Gasteiger partial charge in [-0.15, -0.1) is 11.3 Å². The Hall–Kier alpha value is -1.95. The molecular formula is C22H25ClN2O2S. The maximum absolute atomic E-state index is 12.7. The zero-order valence-corrected chi connectivity index (χ0v) is 18.2. The van der Waals surface area contributed by atoms with Gasteiger partial charge in [-0.25, -0.2) is 4.98 Å². The number of thiazole rings is 1. The van der Waals surface area contributed by atoms with E-state index in [0.29, 0.717) is 34.3 Å². The molecule has 148 valence electrons. The van der Waals surface area contributed by atoms with Gasteiger partial charge >= 0.3 is 0 Å². The lowest BCUT2D eigenvalue weighted by Gasteiger charge is -2.30. The van der Waals surface area contributed by atoms with Gasteiger partial charge in [0.2, 0.25) is 5.78 Å². The molecule has 0 spiro atoms. The molecular weight excluding hydrogens is 392 g/mol. The van der Waals surface area contributed by atoms with Crippen LogP contribution in [0.5, 0.6) is 5.75 Å². The van der Waals surface area contributed by atoms with Gasteiger partial charge < -0.3 is 4.74 Å². The van der Waals surface area contributed by atoms with E-state index < -0.39 is 0 Å². The van der Waals surface area contributed by atoms with Gasteiger partial charge in [0.1, 0.15) is 12.4 Å². The van der Waals surface area contributed by atoms with Crippen molar-refractivity contribution in [1.29, 1.82) is 0 Å². The van der Waals surface area contributed by atoms with Crippen molar-refractivity contribution in [1.82, 2.24) is 9.88 Å². The minimum absolute atomic E-state index is 0.0927. The standard InChI is InChI=1S/C22H25ClN2O2S/c1-14(2)25(15(3)4)11-12-27-18-9-10-19-20(13-18)28-22(24-19)21(26)16-5-7-17(23)8-6-16/h5-10,13-15H,11-12H2,1-4H3. The van der Waals surface area contributed by atoms with E-state index >= 15 is 0 Å². The number of nitrogens with zero attached hydrogens (tertiary/aromatic N) is 2. The Kier molecular flexibility index (Phi) is 6.70. The van der Waals surface area contributed by atoms with Crippen LogP contribution < -0.4 is 4.74 Å². The van der Waals surface area contributed by atoms with Gasteiger partial charge in [-0.3, -0.25) is 9.69 Å². The monoisotopic (exact) mass is 416 g/mol. The second-order valence-electron chi connectivity index (χ2n) is 7.26. The average Bonchev–Trinajstić information content (AvgIpc) is 3.08. The Morgan fingerprint density at radius 2 is 1.79 bits per heavy atom. The fraction of sp³-hybridized carbons (Fsp3) is 0.364. The van der Waals surface area contributed by atoms with Gasteiger partial charge in [-0.05, 0) is 70.2 Å². The Morgan fingerprint density at radius 1 is 1.11 bits per heavy atom. The predicted molar refractivity (Wildman–Crippen MR) is 117 cm³/mol. The molecule has 1 heterocycles. The van der Waals surface area contributed by atoms with Crippen molar-refractivity contribution < 1.29 is 9.53 Å². The second-order valence-corrected chi connectivity index (χ2v) is 8.73. The number of ether oxygens (including phenoxy) is 1. The summed E-state index contributed by atoms with van der Waals surface area (Å²) in [4.78, 5) is 19.5. The first-order valence-corrected chi connectivity index (χ1v) is 10.6. The molecule has 2 aromatic carbocycles. The fourth-order valence-electron chi connectivity index (χ4n) is 3.20. The topological polar surface area (TPSA) is 42.4 Å². The minimum Gasteiger partial charge on any atom is -0.492 e. The van der Waals surface area contributed by atoms with Gasteiger partial charge in [0.25, 0.3) is 0 Å². The number of hydrogen-bond acceptors (Lipinski definition) is 5. The number of hydrogen-bond donors (Lipinski definition) is 0. The van der Waals surface area contributed by atoms with Crippen molar-refractivity contribution in [3.63, 3.8) is 0 Å². The summed E-state index contributed by atoms with van der Waals surface area (Å²) in [6.07, 6.45) is 0. The third kappa shape index (κ3) is 4.90.